The minimum atomic E-state index is -2.97. The van der Waals surface area contributed by atoms with Crippen molar-refractivity contribution in [2.24, 2.45) is 0 Å². The molecule has 0 atom stereocenters. The second kappa shape index (κ2) is 6.53. The molecule has 0 aromatic carbocycles. The molecule has 20 heavy (non-hydrogen) atoms. The van der Waals surface area contributed by atoms with Crippen LogP contribution in [0.2, 0.25) is 5.28 Å². The van der Waals surface area contributed by atoms with Crippen molar-refractivity contribution in [2.45, 2.75) is 19.8 Å². The minimum absolute atomic E-state index is 0.0493. The third-order valence-corrected chi connectivity index (χ3v) is 4.73. The monoisotopic (exact) mass is 320 g/mol. The number of rotatable bonds is 4. The molecule has 7 nitrogen and oxygen atoms in total. The Morgan fingerprint density at radius 2 is 2.05 bits per heavy atom. The van der Waals surface area contributed by atoms with Gasteiger partial charge >= 0.3 is 6.01 Å². The molecular weight excluding hydrogens is 304 g/mol. The molecule has 0 spiro atoms. The number of ether oxygens (including phenoxy) is 1. The van der Waals surface area contributed by atoms with E-state index in [-0.39, 0.29) is 22.8 Å². The van der Waals surface area contributed by atoms with Crippen LogP contribution in [0.1, 0.15) is 19.8 Å². The van der Waals surface area contributed by atoms with Gasteiger partial charge in [0.05, 0.1) is 18.1 Å². The van der Waals surface area contributed by atoms with Crippen LogP contribution in [0.3, 0.4) is 0 Å². The lowest BCUT2D eigenvalue weighted by Gasteiger charge is -2.19. The first-order chi connectivity index (χ1) is 9.50. The van der Waals surface area contributed by atoms with Gasteiger partial charge in [0.25, 0.3) is 0 Å². The fourth-order valence-electron chi connectivity index (χ4n) is 1.86. The number of hydrogen-bond acceptors (Lipinski definition) is 7. The number of nitrogens with zero attached hydrogens (tertiary/aromatic N) is 4. The van der Waals surface area contributed by atoms with Crippen LogP contribution in [0, 0.1) is 0 Å². The lowest BCUT2D eigenvalue weighted by Crippen LogP contribution is -2.28. The van der Waals surface area contributed by atoms with Gasteiger partial charge in [-0.1, -0.05) is 6.92 Å². The molecule has 0 bridgehead atoms. The molecule has 0 N–H and O–H groups in total. The second-order valence-electron chi connectivity index (χ2n) is 4.53. The summed E-state index contributed by atoms with van der Waals surface area (Å²) < 4.78 is 28.5. The lowest BCUT2D eigenvalue weighted by atomic mass is 10.4. The summed E-state index contributed by atoms with van der Waals surface area (Å²) in [6.45, 7) is 3.40. The van der Waals surface area contributed by atoms with Gasteiger partial charge in [-0.15, -0.1) is 0 Å². The highest BCUT2D eigenvalue weighted by molar-refractivity contribution is 7.91. The van der Waals surface area contributed by atoms with Gasteiger partial charge < -0.3 is 9.64 Å². The highest BCUT2D eigenvalue weighted by Gasteiger charge is 2.21. The molecule has 1 aromatic heterocycles. The van der Waals surface area contributed by atoms with Gasteiger partial charge in [-0.2, -0.15) is 15.0 Å². The van der Waals surface area contributed by atoms with Gasteiger partial charge in [0, 0.05) is 13.1 Å². The molecule has 1 aliphatic heterocycles. The van der Waals surface area contributed by atoms with Crippen molar-refractivity contribution in [2.75, 3.05) is 36.1 Å². The summed E-state index contributed by atoms with van der Waals surface area (Å²) in [5.74, 6) is 0.663. The molecule has 0 aliphatic carbocycles. The maximum Gasteiger partial charge on any atom is 0.322 e. The molecule has 2 heterocycles. The van der Waals surface area contributed by atoms with E-state index in [1.165, 1.54) is 0 Å². The molecule has 1 aromatic rings. The third-order valence-electron chi connectivity index (χ3n) is 2.85. The summed E-state index contributed by atoms with van der Waals surface area (Å²) in [7, 11) is -2.97. The first-order valence-corrected chi connectivity index (χ1v) is 8.70. The smallest absolute Gasteiger partial charge is 0.322 e. The van der Waals surface area contributed by atoms with Crippen molar-refractivity contribution in [3.8, 4) is 6.01 Å². The van der Waals surface area contributed by atoms with Gasteiger partial charge in [0.15, 0.2) is 9.84 Å². The Balaban J connectivity index is 2.17. The molecule has 0 amide bonds. The molecule has 2 rings (SSSR count). The van der Waals surface area contributed by atoms with Crippen LogP contribution < -0.4 is 9.64 Å². The van der Waals surface area contributed by atoms with E-state index in [0.29, 0.717) is 32.1 Å². The first kappa shape index (κ1) is 15.2. The van der Waals surface area contributed by atoms with Gasteiger partial charge in [-0.05, 0) is 24.4 Å². The van der Waals surface area contributed by atoms with Gasteiger partial charge in [-0.25, -0.2) is 8.42 Å². The molecule has 1 aliphatic rings. The maximum atomic E-state index is 11.6. The lowest BCUT2D eigenvalue weighted by molar-refractivity contribution is 0.291. The van der Waals surface area contributed by atoms with Crippen LogP contribution in [0.4, 0.5) is 5.95 Å². The third kappa shape index (κ3) is 4.17. The summed E-state index contributed by atoms with van der Waals surface area (Å²) in [6.07, 6.45) is 1.39. The predicted molar refractivity (Wildman–Crippen MR) is 76.1 cm³/mol. The van der Waals surface area contributed by atoms with Crippen molar-refractivity contribution in [1.29, 1.82) is 0 Å². The first-order valence-electron chi connectivity index (χ1n) is 6.50. The van der Waals surface area contributed by atoms with Crippen molar-refractivity contribution < 1.29 is 13.2 Å². The van der Waals surface area contributed by atoms with Crippen LogP contribution >= 0.6 is 11.6 Å². The molecule has 9 heteroatoms. The van der Waals surface area contributed by atoms with E-state index in [4.69, 9.17) is 16.3 Å². The quantitative estimate of drug-likeness (QED) is 0.816. The second-order valence-corrected chi connectivity index (χ2v) is 7.17. The Morgan fingerprint density at radius 3 is 2.80 bits per heavy atom. The van der Waals surface area contributed by atoms with E-state index in [0.717, 1.165) is 6.42 Å². The fourth-order valence-corrected chi connectivity index (χ4v) is 3.28. The Bertz CT molecular complexity index is 567. The number of hydrogen-bond donors (Lipinski definition) is 0. The molecule has 0 unspecified atom stereocenters. The van der Waals surface area contributed by atoms with Gasteiger partial charge in [0.1, 0.15) is 0 Å². The highest BCUT2D eigenvalue weighted by atomic mass is 35.5. The molecule has 112 valence electrons. The van der Waals surface area contributed by atoms with Crippen LogP contribution in [0.15, 0.2) is 0 Å². The number of sulfone groups is 1. The van der Waals surface area contributed by atoms with Crippen molar-refractivity contribution in [3.63, 3.8) is 0 Å². The molecular formula is C11H17ClN4O3S. The molecule has 0 saturated carbocycles. The Kier molecular flexibility index (Phi) is 4.98. The van der Waals surface area contributed by atoms with Gasteiger partial charge in [-0.3, -0.25) is 0 Å². The average Bonchev–Trinajstić information content (AvgIpc) is 2.57. The summed E-state index contributed by atoms with van der Waals surface area (Å²) in [6, 6.07) is 0.175. The number of aromatic nitrogens is 3. The Morgan fingerprint density at radius 1 is 1.25 bits per heavy atom. The fraction of sp³-hybridized carbons (Fsp3) is 0.727. The topological polar surface area (TPSA) is 85.3 Å². The zero-order chi connectivity index (χ0) is 14.6. The van der Waals surface area contributed by atoms with E-state index >= 15 is 0 Å². The van der Waals surface area contributed by atoms with E-state index in [9.17, 15) is 8.42 Å². The molecule has 1 fully saturated rings. The van der Waals surface area contributed by atoms with Crippen LogP contribution in [-0.2, 0) is 9.84 Å². The van der Waals surface area contributed by atoms with E-state index < -0.39 is 9.84 Å². The average molecular weight is 321 g/mol. The van der Waals surface area contributed by atoms with Crippen LogP contribution in [-0.4, -0.2) is 54.6 Å². The van der Waals surface area contributed by atoms with Crippen molar-refractivity contribution >= 4 is 27.4 Å². The molecule has 0 radical (unpaired) electrons. The maximum absolute atomic E-state index is 11.6. The zero-order valence-electron chi connectivity index (χ0n) is 11.2. The summed E-state index contributed by atoms with van der Waals surface area (Å²) >= 11 is 5.86. The van der Waals surface area contributed by atoms with Gasteiger partial charge in [0.2, 0.25) is 11.2 Å². The predicted octanol–water partition coefficient (Wildman–Crippen LogP) is 0.939. The summed E-state index contributed by atoms with van der Waals surface area (Å²) in [4.78, 5) is 13.9. The van der Waals surface area contributed by atoms with Crippen LogP contribution in [0.5, 0.6) is 6.01 Å². The number of halogens is 1. The Labute approximate surface area is 123 Å². The summed E-state index contributed by atoms with van der Waals surface area (Å²) in [5.41, 5.74) is 0. The summed E-state index contributed by atoms with van der Waals surface area (Å²) in [5, 5.41) is 0.0493. The van der Waals surface area contributed by atoms with E-state index in [2.05, 4.69) is 15.0 Å². The highest BCUT2D eigenvalue weighted by Crippen LogP contribution is 2.17. The SMILES string of the molecule is CCCOc1nc(Cl)nc(N2CCCS(=O)(=O)CC2)n1. The standard InChI is InChI=1S/C11H17ClN4O3S/c1-2-6-19-11-14-9(12)13-10(15-11)16-4-3-7-20(17,18)8-5-16/h2-8H2,1H3. The largest absolute Gasteiger partial charge is 0.463 e. The van der Waals surface area contributed by atoms with E-state index in [1.54, 1.807) is 4.90 Å². The van der Waals surface area contributed by atoms with E-state index in [1.807, 2.05) is 6.92 Å². The van der Waals surface area contributed by atoms with Crippen LogP contribution in [0.25, 0.3) is 0 Å². The zero-order valence-corrected chi connectivity index (χ0v) is 12.8. The number of anilines is 1. The minimum Gasteiger partial charge on any atom is -0.463 e. The van der Waals surface area contributed by atoms with Crippen molar-refractivity contribution in [3.05, 3.63) is 5.28 Å². The molecule has 1 saturated heterocycles. The normalized spacial score (nSPS) is 18.6. The Hall–Kier alpha value is -1.15. The van der Waals surface area contributed by atoms with Crippen molar-refractivity contribution in [1.82, 2.24) is 15.0 Å².